The number of carbonyl (C=O) groups is 4. The Balaban J connectivity index is 0. The first-order chi connectivity index (χ1) is 23.3. The molecule has 1 aliphatic carbocycles. The predicted molar refractivity (Wildman–Crippen MR) is 200 cm³/mol. The van der Waals surface area contributed by atoms with Crippen molar-refractivity contribution in [1.82, 2.24) is 0 Å². The Kier molecular flexibility index (Phi) is 32.8. The number of hydrogen-bond acceptors (Lipinski definition) is 4. The van der Waals surface area contributed by atoms with Crippen molar-refractivity contribution in [2.24, 2.45) is 11.8 Å². The van der Waals surface area contributed by atoms with Gasteiger partial charge in [-0.05, 0) is 37.5 Å². The quantitative estimate of drug-likeness (QED) is 0.0627. The highest BCUT2D eigenvalue weighted by Crippen LogP contribution is 2.38. The second-order valence-electron chi connectivity index (χ2n) is 14.8. The number of ketones is 2. The third-order valence-corrected chi connectivity index (χ3v) is 10.5. The summed E-state index contributed by atoms with van der Waals surface area (Å²) in [4.78, 5) is 54.7. The molecule has 50 heavy (non-hydrogen) atoms. The van der Waals surface area contributed by atoms with E-state index in [0.29, 0.717) is 48.2 Å². The lowest BCUT2D eigenvalue weighted by molar-refractivity contribution is -0.810. The molecule has 1 aliphatic rings. The fraction of sp³-hybridized carbons (Fsp3) is 0.810. The van der Waals surface area contributed by atoms with Crippen LogP contribution in [0.3, 0.4) is 0 Å². The first-order valence-electron chi connectivity index (χ1n) is 20.5. The van der Waals surface area contributed by atoms with Gasteiger partial charge in [0, 0.05) is 35.1 Å². The van der Waals surface area contributed by atoms with Gasteiger partial charge < -0.3 is 24.8 Å². The molecule has 0 fully saturated rings. The van der Waals surface area contributed by atoms with Crippen molar-refractivity contribution in [3.05, 3.63) is 22.3 Å². The Morgan fingerprint density at radius 1 is 0.460 bits per heavy atom. The molecule has 0 saturated carbocycles. The van der Waals surface area contributed by atoms with E-state index in [1.54, 1.807) is 0 Å². The van der Waals surface area contributed by atoms with Gasteiger partial charge in [-0.25, -0.2) is 9.59 Å². The van der Waals surface area contributed by atoms with E-state index in [9.17, 15) is 19.2 Å². The van der Waals surface area contributed by atoms with Crippen LogP contribution in [-0.2, 0) is 19.2 Å². The van der Waals surface area contributed by atoms with Crippen molar-refractivity contribution in [2.75, 3.05) is 26.2 Å². The van der Waals surface area contributed by atoms with Crippen LogP contribution in [0.25, 0.3) is 0 Å². The summed E-state index contributed by atoms with van der Waals surface area (Å²) in [6, 6.07) is 0. The number of amides is 2. The van der Waals surface area contributed by atoms with E-state index in [0.717, 1.165) is 87.1 Å². The van der Waals surface area contributed by atoms with Gasteiger partial charge >= 0.3 is 0 Å². The molecule has 8 heteroatoms. The van der Waals surface area contributed by atoms with Crippen molar-refractivity contribution in [2.45, 2.75) is 183 Å². The monoisotopic (exact) mass is 743 g/mol. The maximum absolute atomic E-state index is 14.6. The molecule has 4 atom stereocenters. The van der Waals surface area contributed by atoms with E-state index >= 15 is 0 Å². The molecular weight excluding hydrogens is 667 g/mol. The lowest BCUT2D eigenvalue weighted by atomic mass is 9.72. The summed E-state index contributed by atoms with van der Waals surface area (Å²) in [5, 5.41) is 0. The van der Waals surface area contributed by atoms with Gasteiger partial charge in [-0.2, -0.15) is 0 Å². The van der Waals surface area contributed by atoms with Crippen molar-refractivity contribution in [3.8, 4) is 0 Å². The molecule has 0 aromatic heterocycles. The van der Waals surface area contributed by atoms with Gasteiger partial charge in [-0.15, -0.1) is 0 Å². The average Bonchev–Trinajstić information content (AvgIpc) is 3.08. The van der Waals surface area contributed by atoms with Gasteiger partial charge in [0.2, 0.25) is 0 Å². The number of Topliss-reactive ketones (excluding diaryl/α,β-unsaturated/α-hetero) is 2. The van der Waals surface area contributed by atoms with Gasteiger partial charge in [0.15, 0.2) is 11.6 Å². The smallest absolute Gasteiger partial charge is 0.299 e. The molecule has 0 aromatic rings. The molecule has 4 unspecified atom stereocenters. The van der Waals surface area contributed by atoms with Crippen LogP contribution in [0, 0.1) is 11.8 Å². The van der Waals surface area contributed by atoms with Gasteiger partial charge in [-0.1, -0.05) is 144 Å². The summed E-state index contributed by atoms with van der Waals surface area (Å²) in [5.41, 5.74) is 2.73. The summed E-state index contributed by atoms with van der Waals surface area (Å²) in [7, 11) is 0. The second kappa shape index (κ2) is 32.3. The maximum Gasteiger partial charge on any atom is 0.299 e. The minimum atomic E-state index is -0.00729. The molecular formula is C42H76Cl2N2O4. The molecule has 0 aromatic carbocycles. The van der Waals surface area contributed by atoms with Crippen molar-refractivity contribution in [1.29, 1.82) is 0 Å². The Morgan fingerprint density at radius 3 is 1.04 bits per heavy atom. The summed E-state index contributed by atoms with van der Waals surface area (Å²) >= 11 is 0. The Bertz CT molecular complexity index is 918. The number of quaternary nitrogens is 2. The zero-order valence-corrected chi connectivity index (χ0v) is 34.6. The minimum Gasteiger partial charge on any atom is -1.00 e. The van der Waals surface area contributed by atoms with Crippen LogP contribution >= 0.6 is 0 Å². The van der Waals surface area contributed by atoms with Gasteiger partial charge in [0.05, 0.1) is 26.2 Å². The number of halogens is 2. The lowest BCUT2D eigenvalue weighted by Crippen LogP contribution is -3.11. The van der Waals surface area contributed by atoms with E-state index < -0.39 is 0 Å². The molecule has 0 bridgehead atoms. The van der Waals surface area contributed by atoms with Crippen molar-refractivity contribution in [3.63, 3.8) is 0 Å². The number of nitrogens with one attached hydrogen (secondary N) is 2. The van der Waals surface area contributed by atoms with Crippen LogP contribution in [0.5, 0.6) is 0 Å². The van der Waals surface area contributed by atoms with E-state index in [1.165, 1.54) is 77.0 Å². The standard InChI is InChI=1S/C42H74N2O4.2ClH/c1-7-11-13-15-17-19-21-23-25-35(5)39-37(27-31-43(33-45)29-9-3)42(48)40(36(6)26-24-22-20-18-16-14-12-8-2)38(41(39)47)28-32-44(34-46)30-10-4;;/h33-36H,7-32H2,1-6H3;2*1H. The topological polar surface area (TPSA) is 77.2 Å². The normalized spacial score (nSPS) is 15.7. The molecule has 0 heterocycles. The molecule has 0 radical (unpaired) electrons. The zero-order valence-electron chi connectivity index (χ0n) is 33.1. The molecule has 6 nitrogen and oxygen atoms in total. The number of allylic oxidation sites excluding steroid dienone is 2. The molecule has 0 saturated heterocycles. The van der Waals surface area contributed by atoms with Crippen LogP contribution in [0.15, 0.2) is 22.3 Å². The molecule has 2 amide bonds. The number of carbonyl (C=O) groups excluding carboxylic acids is 4. The second-order valence-corrected chi connectivity index (χ2v) is 14.8. The highest BCUT2D eigenvalue weighted by molar-refractivity contribution is 6.25. The predicted octanol–water partition coefficient (Wildman–Crippen LogP) is 1.76. The van der Waals surface area contributed by atoms with E-state index in [-0.39, 0.29) is 48.2 Å². The summed E-state index contributed by atoms with van der Waals surface area (Å²) in [6.45, 7) is 15.4. The van der Waals surface area contributed by atoms with Crippen molar-refractivity contribution < 1.29 is 53.8 Å². The Morgan fingerprint density at radius 2 is 0.760 bits per heavy atom. The van der Waals surface area contributed by atoms with Crippen LogP contribution in [-0.4, -0.2) is 50.6 Å². The first kappa shape index (κ1) is 50.8. The highest BCUT2D eigenvalue weighted by Gasteiger charge is 2.38. The van der Waals surface area contributed by atoms with E-state index in [1.807, 2.05) is 0 Å². The minimum absolute atomic E-state index is 0. The Labute approximate surface area is 320 Å². The molecule has 0 spiro atoms. The van der Waals surface area contributed by atoms with Crippen LogP contribution in [0.4, 0.5) is 0 Å². The number of unbranched alkanes of at least 4 members (excludes halogenated alkanes) is 14. The summed E-state index contributed by atoms with van der Waals surface area (Å²) in [6.07, 6.45) is 26.1. The average molecular weight is 744 g/mol. The van der Waals surface area contributed by atoms with Crippen molar-refractivity contribution >= 4 is 24.4 Å². The van der Waals surface area contributed by atoms with Gasteiger partial charge in [-0.3, -0.25) is 19.4 Å². The summed E-state index contributed by atoms with van der Waals surface area (Å²) in [5.74, 6) is 0.0675. The highest BCUT2D eigenvalue weighted by atomic mass is 35.5. The van der Waals surface area contributed by atoms with Gasteiger partial charge in [0.25, 0.3) is 12.8 Å². The largest absolute Gasteiger partial charge is 1.00 e. The van der Waals surface area contributed by atoms with Crippen LogP contribution < -0.4 is 34.6 Å². The number of hydrogen-bond donors (Lipinski definition) is 2. The van der Waals surface area contributed by atoms with Crippen LogP contribution in [0.2, 0.25) is 0 Å². The molecule has 2 N–H and O–H groups in total. The third kappa shape index (κ3) is 19.5. The molecule has 292 valence electrons. The fourth-order valence-corrected chi connectivity index (χ4v) is 7.54. The SMILES string of the molecule is CCCCCCCCCCC(C)C1=C(CC[NH+](C=O)CCC)C(=O)C(C(C)CCCCCCCCCC)=C(CC[NH+](C=O)CCC)C1=O.[Cl-].[Cl-]. The maximum atomic E-state index is 14.6. The molecule has 0 aliphatic heterocycles. The summed E-state index contributed by atoms with van der Waals surface area (Å²) < 4.78 is 0. The first-order valence-corrected chi connectivity index (χ1v) is 20.5. The zero-order chi connectivity index (χ0) is 35.6. The van der Waals surface area contributed by atoms with Gasteiger partial charge in [0.1, 0.15) is 0 Å². The fourth-order valence-electron chi connectivity index (χ4n) is 7.54. The van der Waals surface area contributed by atoms with Crippen LogP contribution in [0.1, 0.15) is 183 Å². The molecule has 1 rings (SSSR count). The lowest BCUT2D eigenvalue weighted by Gasteiger charge is -2.30. The Hall–Kier alpha value is -1.34. The van der Waals surface area contributed by atoms with E-state index in [4.69, 9.17) is 0 Å². The van der Waals surface area contributed by atoms with E-state index in [2.05, 4.69) is 41.5 Å². The third-order valence-electron chi connectivity index (χ3n) is 10.5. The number of rotatable bonds is 32.